The lowest BCUT2D eigenvalue weighted by Gasteiger charge is -2.28. The van der Waals surface area contributed by atoms with Crippen molar-refractivity contribution in [1.29, 1.82) is 0 Å². The first-order chi connectivity index (χ1) is 16.6. The smallest absolute Gasteiger partial charge is 0.247 e. The number of hydrogen-bond acceptors (Lipinski definition) is 6. The Morgan fingerprint density at radius 1 is 1.09 bits per heavy atom. The molecule has 2 N–H and O–H groups in total. The van der Waals surface area contributed by atoms with Gasteiger partial charge in [0.05, 0.1) is 24.4 Å². The first-order valence-corrected chi connectivity index (χ1v) is 11.2. The zero-order valence-corrected chi connectivity index (χ0v) is 19.0. The highest BCUT2D eigenvalue weighted by Gasteiger charge is 2.13. The molecule has 1 amide bonds. The summed E-state index contributed by atoms with van der Waals surface area (Å²) in [6, 6.07) is 16.0. The quantitative estimate of drug-likeness (QED) is 0.422. The molecule has 2 aromatic heterocycles. The highest BCUT2D eigenvalue weighted by atomic mass is 16.5. The average molecular weight is 455 g/mol. The van der Waals surface area contributed by atoms with E-state index < -0.39 is 0 Å². The summed E-state index contributed by atoms with van der Waals surface area (Å²) < 4.78 is 7.45. The Morgan fingerprint density at radius 3 is 2.62 bits per heavy atom. The van der Waals surface area contributed by atoms with Crippen molar-refractivity contribution < 1.29 is 9.53 Å². The number of rotatable bonds is 6. The average Bonchev–Trinajstić information content (AvgIpc) is 3.21. The third-order valence-electron chi connectivity index (χ3n) is 5.87. The molecule has 8 nitrogen and oxygen atoms in total. The van der Waals surface area contributed by atoms with E-state index >= 15 is 0 Å². The SMILES string of the molecule is C=CC(=O)Nc1ccc2c(-c3ccnc(Nc4ccc(N5CCOCC5)cc4)n3)cn(C)c2c1. The first kappa shape index (κ1) is 21.7. The minimum absolute atomic E-state index is 0.238. The van der Waals surface area contributed by atoms with Gasteiger partial charge in [0.2, 0.25) is 11.9 Å². The number of amides is 1. The molecule has 0 radical (unpaired) electrons. The van der Waals surface area contributed by atoms with Gasteiger partial charge in [0.15, 0.2) is 0 Å². The Labute approximate surface area is 197 Å². The van der Waals surface area contributed by atoms with Crippen LogP contribution in [0.15, 0.2) is 73.6 Å². The Balaban J connectivity index is 1.37. The summed E-state index contributed by atoms with van der Waals surface area (Å²) in [4.78, 5) is 23.1. The molecule has 0 atom stereocenters. The van der Waals surface area contributed by atoms with E-state index in [0.717, 1.165) is 59.8 Å². The van der Waals surface area contributed by atoms with Crippen LogP contribution in [0.2, 0.25) is 0 Å². The molecule has 0 saturated carbocycles. The molecule has 0 aliphatic carbocycles. The molecule has 0 spiro atoms. The second-order valence-corrected chi connectivity index (χ2v) is 8.12. The van der Waals surface area contributed by atoms with Crippen LogP contribution in [0.5, 0.6) is 0 Å². The van der Waals surface area contributed by atoms with Gasteiger partial charge in [-0.2, -0.15) is 0 Å². The summed E-state index contributed by atoms with van der Waals surface area (Å²) in [6.45, 7) is 6.84. The number of nitrogens with zero attached hydrogens (tertiary/aromatic N) is 4. The van der Waals surface area contributed by atoms with E-state index in [1.165, 1.54) is 11.8 Å². The van der Waals surface area contributed by atoms with Crippen molar-refractivity contribution in [1.82, 2.24) is 14.5 Å². The third kappa shape index (κ3) is 4.49. The van der Waals surface area contributed by atoms with Crippen molar-refractivity contribution in [2.75, 3.05) is 41.8 Å². The van der Waals surface area contributed by atoms with Gasteiger partial charge < -0.3 is 24.8 Å². The van der Waals surface area contributed by atoms with Crippen LogP contribution >= 0.6 is 0 Å². The van der Waals surface area contributed by atoms with Crippen LogP contribution in [-0.2, 0) is 16.6 Å². The van der Waals surface area contributed by atoms with Crippen LogP contribution in [0.3, 0.4) is 0 Å². The lowest BCUT2D eigenvalue weighted by Crippen LogP contribution is -2.36. The normalized spacial score (nSPS) is 13.6. The van der Waals surface area contributed by atoms with Crippen LogP contribution in [0.1, 0.15) is 0 Å². The number of carbonyl (C=O) groups is 1. The van der Waals surface area contributed by atoms with Crippen LogP contribution in [0.25, 0.3) is 22.2 Å². The van der Waals surface area contributed by atoms with Gasteiger partial charge in [-0.25, -0.2) is 9.97 Å². The fraction of sp³-hybridized carbons (Fsp3) is 0.192. The second kappa shape index (κ2) is 9.36. The number of aryl methyl sites for hydroxylation is 1. The molecular formula is C26H26N6O2. The maximum atomic E-state index is 11.6. The number of aromatic nitrogens is 3. The zero-order valence-electron chi connectivity index (χ0n) is 19.0. The minimum Gasteiger partial charge on any atom is -0.378 e. The summed E-state index contributed by atoms with van der Waals surface area (Å²) in [5.74, 6) is 0.293. The number of fused-ring (bicyclic) bond motifs is 1. The van der Waals surface area contributed by atoms with Gasteiger partial charge >= 0.3 is 0 Å². The minimum atomic E-state index is -0.238. The highest BCUT2D eigenvalue weighted by molar-refractivity contribution is 6.02. The van der Waals surface area contributed by atoms with Crippen LogP contribution < -0.4 is 15.5 Å². The lowest BCUT2D eigenvalue weighted by molar-refractivity contribution is -0.111. The van der Waals surface area contributed by atoms with E-state index in [1.54, 1.807) is 6.20 Å². The van der Waals surface area contributed by atoms with Gasteiger partial charge in [-0.3, -0.25) is 4.79 Å². The number of anilines is 4. The number of ether oxygens (including phenoxy) is 1. The fourth-order valence-electron chi connectivity index (χ4n) is 4.13. The maximum Gasteiger partial charge on any atom is 0.247 e. The van der Waals surface area contributed by atoms with Gasteiger partial charge in [0.1, 0.15) is 0 Å². The molecule has 3 heterocycles. The molecule has 4 aromatic rings. The summed E-state index contributed by atoms with van der Waals surface area (Å²) in [5.41, 5.74) is 5.63. The highest BCUT2D eigenvalue weighted by Crippen LogP contribution is 2.31. The van der Waals surface area contributed by atoms with Crippen molar-refractivity contribution in [2.45, 2.75) is 0 Å². The molecule has 1 fully saturated rings. The number of nitrogens with one attached hydrogen (secondary N) is 2. The summed E-state index contributed by atoms with van der Waals surface area (Å²) in [7, 11) is 1.97. The van der Waals surface area contributed by atoms with Crippen LogP contribution in [0, 0.1) is 0 Å². The molecule has 0 bridgehead atoms. The summed E-state index contributed by atoms with van der Waals surface area (Å²) >= 11 is 0. The number of carbonyl (C=O) groups excluding carboxylic acids is 1. The summed E-state index contributed by atoms with van der Waals surface area (Å²) in [6.07, 6.45) is 5.05. The van der Waals surface area contributed by atoms with E-state index in [4.69, 9.17) is 9.72 Å². The molecular weight excluding hydrogens is 428 g/mol. The van der Waals surface area contributed by atoms with Crippen molar-refractivity contribution in [2.24, 2.45) is 7.05 Å². The van der Waals surface area contributed by atoms with Crippen LogP contribution in [0.4, 0.5) is 23.0 Å². The molecule has 1 saturated heterocycles. The van der Waals surface area contributed by atoms with E-state index in [-0.39, 0.29) is 5.91 Å². The van der Waals surface area contributed by atoms with E-state index in [9.17, 15) is 4.79 Å². The van der Waals surface area contributed by atoms with E-state index in [0.29, 0.717) is 5.95 Å². The van der Waals surface area contributed by atoms with Crippen molar-refractivity contribution in [3.05, 3.63) is 73.6 Å². The molecule has 1 aliphatic heterocycles. The Morgan fingerprint density at radius 2 is 1.85 bits per heavy atom. The third-order valence-corrected chi connectivity index (χ3v) is 5.87. The fourth-order valence-corrected chi connectivity index (χ4v) is 4.13. The number of hydrogen-bond donors (Lipinski definition) is 2. The molecule has 34 heavy (non-hydrogen) atoms. The standard InChI is InChI=1S/C26H26N6O2/c1-3-25(33)28-19-6-9-21-22(17-31(2)24(21)16-19)23-10-11-27-26(30-23)29-18-4-7-20(8-5-18)32-12-14-34-15-13-32/h3-11,16-17H,1,12-15H2,2H3,(H,28,33)(H,27,29,30). The van der Waals surface area contributed by atoms with Gasteiger partial charge in [-0.1, -0.05) is 12.6 Å². The predicted molar refractivity (Wildman–Crippen MR) is 136 cm³/mol. The predicted octanol–water partition coefficient (Wildman–Crippen LogP) is 4.34. The molecule has 172 valence electrons. The number of morpholine rings is 1. The molecule has 1 aliphatic rings. The molecule has 8 heteroatoms. The maximum absolute atomic E-state index is 11.6. The zero-order chi connectivity index (χ0) is 23.5. The molecule has 0 unspecified atom stereocenters. The largest absolute Gasteiger partial charge is 0.378 e. The van der Waals surface area contributed by atoms with Gasteiger partial charge in [-0.15, -0.1) is 0 Å². The number of benzene rings is 2. The topological polar surface area (TPSA) is 84.3 Å². The lowest BCUT2D eigenvalue weighted by atomic mass is 10.1. The Bertz CT molecular complexity index is 1340. The second-order valence-electron chi connectivity index (χ2n) is 8.12. The van der Waals surface area contributed by atoms with Crippen LogP contribution in [-0.4, -0.2) is 46.7 Å². The molecule has 5 rings (SSSR count). The van der Waals surface area contributed by atoms with Gasteiger partial charge in [0, 0.05) is 60.5 Å². The molecule has 2 aromatic carbocycles. The van der Waals surface area contributed by atoms with Gasteiger partial charge in [0.25, 0.3) is 0 Å². The Kier molecular flexibility index (Phi) is 5.97. The summed E-state index contributed by atoms with van der Waals surface area (Å²) in [5, 5.41) is 7.15. The first-order valence-electron chi connectivity index (χ1n) is 11.2. The van der Waals surface area contributed by atoms with Crippen molar-refractivity contribution in [3.8, 4) is 11.3 Å². The van der Waals surface area contributed by atoms with Crippen molar-refractivity contribution >= 4 is 39.8 Å². The van der Waals surface area contributed by atoms with Crippen molar-refractivity contribution in [3.63, 3.8) is 0 Å². The van der Waals surface area contributed by atoms with E-state index in [2.05, 4.69) is 39.2 Å². The Hall–Kier alpha value is -4.17. The van der Waals surface area contributed by atoms with Gasteiger partial charge in [-0.05, 0) is 48.5 Å². The van der Waals surface area contributed by atoms with E-state index in [1.807, 2.05) is 54.2 Å². The monoisotopic (exact) mass is 454 g/mol.